The summed E-state index contributed by atoms with van der Waals surface area (Å²) < 4.78 is 5.38. The van der Waals surface area contributed by atoms with Gasteiger partial charge in [-0.2, -0.15) is 0 Å². The van der Waals surface area contributed by atoms with Gasteiger partial charge in [0.1, 0.15) is 5.75 Å². The molecular formula is C13H19NO. The number of ether oxygens (including phenoxy) is 1. The van der Waals surface area contributed by atoms with Crippen molar-refractivity contribution in [2.75, 3.05) is 13.7 Å². The summed E-state index contributed by atoms with van der Waals surface area (Å²) in [7, 11) is 1.75. The van der Waals surface area contributed by atoms with Gasteiger partial charge in [0.15, 0.2) is 0 Å². The van der Waals surface area contributed by atoms with Gasteiger partial charge in [-0.05, 0) is 44.4 Å². The molecule has 0 bridgehead atoms. The van der Waals surface area contributed by atoms with Crippen LogP contribution in [0.15, 0.2) is 18.2 Å². The summed E-state index contributed by atoms with van der Waals surface area (Å²) >= 11 is 0. The van der Waals surface area contributed by atoms with Gasteiger partial charge in [-0.1, -0.05) is 17.7 Å². The standard InChI is InChI=1S/C13H19NO/c1-10-5-6-13(15-2)11(8-10)9-12-4-3-7-14-12/h5-6,8,12,14H,3-4,7,9H2,1-2H3/t12-/m0/s1. The van der Waals surface area contributed by atoms with Gasteiger partial charge in [0.05, 0.1) is 7.11 Å². The zero-order chi connectivity index (χ0) is 10.7. The molecule has 2 heteroatoms. The van der Waals surface area contributed by atoms with E-state index in [1.165, 1.54) is 30.5 Å². The third-order valence-electron chi connectivity index (χ3n) is 3.06. The third kappa shape index (κ3) is 2.51. The lowest BCUT2D eigenvalue weighted by atomic mass is 10.0. The van der Waals surface area contributed by atoms with Crippen LogP contribution in [-0.2, 0) is 6.42 Å². The molecule has 82 valence electrons. The topological polar surface area (TPSA) is 21.3 Å². The van der Waals surface area contributed by atoms with Crippen molar-refractivity contribution in [1.82, 2.24) is 5.32 Å². The molecule has 1 N–H and O–H groups in total. The first-order valence-corrected chi connectivity index (χ1v) is 5.66. The molecule has 0 amide bonds. The molecule has 1 fully saturated rings. The van der Waals surface area contributed by atoms with E-state index in [4.69, 9.17) is 4.74 Å². The minimum atomic E-state index is 0.640. The van der Waals surface area contributed by atoms with Crippen molar-refractivity contribution in [3.05, 3.63) is 29.3 Å². The lowest BCUT2D eigenvalue weighted by Gasteiger charge is -2.14. The smallest absolute Gasteiger partial charge is 0.122 e. The maximum Gasteiger partial charge on any atom is 0.122 e. The van der Waals surface area contributed by atoms with Gasteiger partial charge in [0, 0.05) is 6.04 Å². The molecular weight excluding hydrogens is 186 g/mol. The monoisotopic (exact) mass is 205 g/mol. The van der Waals surface area contributed by atoms with Crippen molar-refractivity contribution in [2.45, 2.75) is 32.2 Å². The molecule has 0 aromatic heterocycles. The van der Waals surface area contributed by atoms with Crippen LogP contribution in [0.4, 0.5) is 0 Å². The molecule has 0 unspecified atom stereocenters. The molecule has 1 aliphatic heterocycles. The molecule has 1 aromatic rings. The Balaban J connectivity index is 2.14. The van der Waals surface area contributed by atoms with E-state index in [1.807, 2.05) is 0 Å². The third-order valence-corrected chi connectivity index (χ3v) is 3.06. The SMILES string of the molecule is COc1ccc(C)cc1C[C@@H]1CCCN1. The second kappa shape index (κ2) is 4.67. The first-order chi connectivity index (χ1) is 7.29. The van der Waals surface area contributed by atoms with Crippen LogP contribution in [0.25, 0.3) is 0 Å². The summed E-state index contributed by atoms with van der Waals surface area (Å²) in [5.41, 5.74) is 2.64. The molecule has 1 atom stereocenters. The zero-order valence-corrected chi connectivity index (χ0v) is 9.55. The first-order valence-electron chi connectivity index (χ1n) is 5.66. The lowest BCUT2D eigenvalue weighted by Crippen LogP contribution is -2.23. The highest BCUT2D eigenvalue weighted by Gasteiger charge is 2.16. The first kappa shape index (κ1) is 10.5. The lowest BCUT2D eigenvalue weighted by molar-refractivity contribution is 0.406. The van der Waals surface area contributed by atoms with Crippen molar-refractivity contribution in [3.63, 3.8) is 0 Å². The van der Waals surface area contributed by atoms with Crippen LogP contribution in [0.5, 0.6) is 5.75 Å². The van der Waals surface area contributed by atoms with E-state index in [-0.39, 0.29) is 0 Å². The van der Waals surface area contributed by atoms with Gasteiger partial charge in [0.2, 0.25) is 0 Å². The fourth-order valence-electron chi connectivity index (χ4n) is 2.26. The Morgan fingerprint density at radius 3 is 3.00 bits per heavy atom. The molecule has 0 spiro atoms. The number of hydrogen-bond donors (Lipinski definition) is 1. The van der Waals surface area contributed by atoms with Crippen molar-refractivity contribution in [2.24, 2.45) is 0 Å². The predicted octanol–water partition coefficient (Wildman–Crippen LogP) is 2.30. The van der Waals surface area contributed by atoms with E-state index in [0.29, 0.717) is 6.04 Å². The van der Waals surface area contributed by atoms with E-state index < -0.39 is 0 Å². The van der Waals surface area contributed by atoms with Crippen LogP contribution in [0.1, 0.15) is 24.0 Å². The normalized spacial score (nSPS) is 20.5. The van der Waals surface area contributed by atoms with E-state index in [2.05, 4.69) is 30.4 Å². The fraction of sp³-hybridized carbons (Fsp3) is 0.538. The van der Waals surface area contributed by atoms with Gasteiger partial charge >= 0.3 is 0 Å². The van der Waals surface area contributed by atoms with Crippen molar-refractivity contribution < 1.29 is 4.74 Å². The molecule has 1 saturated heterocycles. The molecule has 0 saturated carbocycles. The summed E-state index contributed by atoms with van der Waals surface area (Å²) in [4.78, 5) is 0. The molecule has 2 rings (SSSR count). The Morgan fingerprint density at radius 2 is 2.33 bits per heavy atom. The van der Waals surface area contributed by atoms with E-state index in [9.17, 15) is 0 Å². The summed E-state index contributed by atoms with van der Waals surface area (Å²) in [5, 5.41) is 3.52. The maximum atomic E-state index is 5.38. The number of nitrogens with one attached hydrogen (secondary N) is 1. The summed E-state index contributed by atoms with van der Waals surface area (Å²) in [6, 6.07) is 7.05. The van der Waals surface area contributed by atoms with Crippen LogP contribution in [0.3, 0.4) is 0 Å². The molecule has 15 heavy (non-hydrogen) atoms. The minimum Gasteiger partial charge on any atom is -0.496 e. The van der Waals surface area contributed by atoms with Gasteiger partial charge < -0.3 is 10.1 Å². The number of rotatable bonds is 3. The number of methoxy groups -OCH3 is 1. The molecule has 0 radical (unpaired) electrons. The van der Waals surface area contributed by atoms with Crippen LogP contribution < -0.4 is 10.1 Å². The van der Waals surface area contributed by atoms with Crippen molar-refractivity contribution in [3.8, 4) is 5.75 Å². The molecule has 0 aliphatic carbocycles. The van der Waals surface area contributed by atoms with Crippen LogP contribution in [-0.4, -0.2) is 19.7 Å². The van der Waals surface area contributed by atoms with Crippen LogP contribution >= 0.6 is 0 Å². The van der Waals surface area contributed by atoms with Crippen molar-refractivity contribution >= 4 is 0 Å². The highest BCUT2D eigenvalue weighted by Crippen LogP contribution is 2.23. The largest absolute Gasteiger partial charge is 0.496 e. The number of benzene rings is 1. The van der Waals surface area contributed by atoms with Crippen LogP contribution in [0.2, 0.25) is 0 Å². The Bertz CT molecular complexity index is 329. The highest BCUT2D eigenvalue weighted by atomic mass is 16.5. The highest BCUT2D eigenvalue weighted by molar-refractivity contribution is 5.37. The van der Waals surface area contributed by atoms with Gasteiger partial charge in [-0.15, -0.1) is 0 Å². The average molecular weight is 205 g/mol. The summed E-state index contributed by atoms with van der Waals surface area (Å²) in [6.45, 7) is 3.30. The van der Waals surface area contributed by atoms with E-state index in [1.54, 1.807) is 7.11 Å². The molecule has 1 aliphatic rings. The average Bonchev–Trinajstić information content (AvgIpc) is 2.71. The Morgan fingerprint density at radius 1 is 1.47 bits per heavy atom. The second-order valence-corrected chi connectivity index (χ2v) is 4.31. The summed E-state index contributed by atoms with van der Waals surface area (Å²) in [5.74, 6) is 1.02. The van der Waals surface area contributed by atoms with E-state index in [0.717, 1.165) is 12.2 Å². The summed E-state index contributed by atoms with van der Waals surface area (Å²) in [6.07, 6.45) is 3.68. The van der Waals surface area contributed by atoms with Crippen molar-refractivity contribution in [1.29, 1.82) is 0 Å². The van der Waals surface area contributed by atoms with Crippen LogP contribution in [0, 0.1) is 6.92 Å². The Kier molecular flexibility index (Phi) is 3.27. The fourth-order valence-corrected chi connectivity index (χ4v) is 2.26. The van der Waals surface area contributed by atoms with Gasteiger partial charge in [-0.3, -0.25) is 0 Å². The zero-order valence-electron chi connectivity index (χ0n) is 9.55. The minimum absolute atomic E-state index is 0.640. The molecule has 2 nitrogen and oxygen atoms in total. The predicted molar refractivity (Wildman–Crippen MR) is 62.5 cm³/mol. The Labute approximate surface area is 91.6 Å². The second-order valence-electron chi connectivity index (χ2n) is 4.31. The number of hydrogen-bond acceptors (Lipinski definition) is 2. The maximum absolute atomic E-state index is 5.38. The quantitative estimate of drug-likeness (QED) is 0.817. The van der Waals surface area contributed by atoms with E-state index >= 15 is 0 Å². The Hall–Kier alpha value is -1.02. The number of aryl methyl sites for hydroxylation is 1. The molecule has 1 aromatic carbocycles. The van der Waals surface area contributed by atoms with Gasteiger partial charge in [0.25, 0.3) is 0 Å². The molecule has 1 heterocycles. The van der Waals surface area contributed by atoms with Gasteiger partial charge in [-0.25, -0.2) is 0 Å².